The standard InChI is InChI=1S/C25H32O3/c1-19-18-22(26)17-16-20(19)10-8-9-15-24(21-11-4-2-5-12-21)25(27)28-23-13-6-3-7-14-23/h3,6-7,13-14,16-18,21,24,26H,2,4-5,8-12,15H2,1H3. The number of para-hydroxylation sites is 1. The molecule has 0 amide bonds. The highest BCUT2D eigenvalue weighted by Crippen LogP contribution is 2.34. The molecule has 1 unspecified atom stereocenters. The molecule has 0 saturated heterocycles. The summed E-state index contributed by atoms with van der Waals surface area (Å²) in [5.41, 5.74) is 2.41. The first-order valence-corrected chi connectivity index (χ1v) is 10.7. The molecule has 3 heteroatoms. The van der Waals surface area contributed by atoms with Crippen LogP contribution in [0.2, 0.25) is 0 Å². The Morgan fingerprint density at radius 1 is 1.07 bits per heavy atom. The van der Waals surface area contributed by atoms with Gasteiger partial charge in [-0.15, -0.1) is 0 Å². The number of rotatable bonds is 8. The molecule has 0 bridgehead atoms. The Morgan fingerprint density at radius 2 is 1.82 bits per heavy atom. The van der Waals surface area contributed by atoms with Crippen LogP contribution in [0.5, 0.6) is 11.5 Å². The van der Waals surface area contributed by atoms with E-state index in [0.29, 0.717) is 17.4 Å². The molecule has 1 aliphatic carbocycles. The minimum absolute atomic E-state index is 0.00132. The van der Waals surface area contributed by atoms with Crippen LogP contribution in [0.4, 0.5) is 0 Å². The molecule has 3 rings (SSSR count). The molecule has 2 aromatic carbocycles. The third kappa shape index (κ3) is 5.85. The zero-order valence-electron chi connectivity index (χ0n) is 16.9. The number of esters is 1. The van der Waals surface area contributed by atoms with E-state index in [4.69, 9.17) is 4.74 Å². The van der Waals surface area contributed by atoms with Crippen molar-refractivity contribution in [1.82, 2.24) is 0 Å². The molecule has 0 radical (unpaired) electrons. The summed E-state index contributed by atoms with van der Waals surface area (Å²) in [6.45, 7) is 2.04. The maximum atomic E-state index is 12.9. The van der Waals surface area contributed by atoms with E-state index >= 15 is 0 Å². The van der Waals surface area contributed by atoms with Crippen LogP contribution in [0, 0.1) is 18.8 Å². The lowest BCUT2D eigenvalue weighted by molar-refractivity contribution is -0.141. The highest BCUT2D eigenvalue weighted by Gasteiger charge is 2.30. The summed E-state index contributed by atoms with van der Waals surface area (Å²) in [6, 6.07) is 15.0. The summed E-state index contributed by atoms with van der Waals surface area (Å²) in [5.74, 6) is 1.37. The van der Waals surface area contributed by atoms with E-state index < -0.39 is 0 Å². The predicted octanol–water partition coefficient (Wildman–Crippen LogP) is 6.22. The number of ether oxygens (including phenoxy) is 1. The molecule has 0 spiro atoms. The van der Waals surface area contributed by atoms with Gasteiger partial charge < -0.3 is 9.84 Å². The molecule has 1 N–H and O–H groups in total. The highest BCUT2D eigenvalue weighted by atomic mass is 16.5. The van der Waals surface area contributed by atoms with Crippen LogP contribution in [-0.2, 0) is 11.2 Å². The van der Waals surface area contributed by atoms with Gasteiger partial charge in [0.2, 0.25) is 0 Å². The molecule has 150 valence electrons. The maximum absolute atomic E-state index is 12.9. The molecule has 0 aromatic heterocycles. The largest absolute Gasteiger partial charge is 0.508 e. The molecule has 1 fully saturated rings. The molecule has 1 saturated carbocycles. The summed E-state index contributed by atoms with van der Waals surface area (Å²) >= 11 is 0. The Kier molecular flexibility index (Phi) is 7.53. The number of hydrogen-bond donors (Lipinski definition) is 1. The van der Waals surface area contributed by atoms with Crippen molar-refractivity contribution in [3.8, 4) is 11.5 Å². The van der Waals surface area contributed by atoms with Crippen molar-refractivity contribution in [1.29, 1.82) is 0 Å². The number of carbonyl (C=O) groups is 1. The van der Waals surface area contributed by atoms with Crippen LogP contribution in [0.3, 0.4) is 0 Å². The lowest BCUT2D eigenvalue weighted by Crippen LogP contribution is -2.29. The van der Waals surface area contributed by atoms with Crippen LogP contribution in [0.25, 0.3) is 0 Å². The van der Waals surface area contributed by atoms with Crippen molar-refractivity contribution in [3.63, 3.8) is 0 Å². The van der Waals surface area contributed by atoms with Gasteiger partial charge in [0, 0.05) is 0 Å². The molecule has 0 heterocycles. The van der Waals surface area contributed by atoms with Gasteiger partial charge in [-0.05, 0) is 80.3 Å². The third-order valence-corrected chi connectivity index (χ3v) is 6.02. The Bertz CT molecular complexity index is 748. The van der Waals surface area contributed by atoms with E-state index in [0.717, 1.165) is 44.1 Å². The van der Waals surface area contributed by atoms with Gasteiger partial charge in [-0.3, -0.25) is 4.79 Å². The number of aryl methyl sites for hydroxylation is 2. The maximum Gasteiger partial charge on any atom is 0.314 e. The van der Waals surface area contributed by atoms with Gasteiger partial charge in [-0.1, -0.05) is 49.9 Å². The normalized spacial score (nSPS) is 15.9. The molecule has 1 aliphatic rings. The van der Waals surface area contributed by atoms with Crippen molar-refractivity contribution < 1.29 is 14.6 Å². The monoisotopic (exact) mass is 380 g/mol. The SMILES string of the molecule is Cc1cc(O)ccc1CCCCC(C(=O)Oc1ccccc1)C1CCCCC1. The van der Waals surface area contributed by atoms with Crippen LogP contribution >= 0.6 is 0 Å². The second kappa shape index (κ2) is 10.3. The van der Waals surface area contributed by atoms with Crippen molar-refractivity contribution in [2.24, 2.45) is 11.8 Å². The number of aromatic hydroxyl groups is 1. The van der Waals surface area contributed by atoms with Gasteiger partial charge in [-0.25, -0.2) is 0 Å². The highest BCUT2D eigenvalue weighted by molar-refractivity contribution is 5.75. The summed E-state index contributed by atoms with van der Waals surface area (Å²) in [4.78, 5) is 12.9. The van der Waals surface area contributed by atoms with Crippen LogP contribution in [-0.4, -0.2) is 11.1 Å². The summed E-state index contributed by atoms with van der Waals surface area (Å²) in [7, 11) is 0. The topological polar surface area (TPSA) is 46.5 Å². The van der Waals surface area contributed by atoms with E-state index in [9.17, 15) is 9.90 Å². The smallest absolute Gasteiger partial charge is 0.314 e. The minimum atomic E-state index is -0.0566. The molecule has 0 aliphatic heterocycles. The van der Waals surface area contributed by atoms with Gasteiger partial charge in [-0.2, -0.15) is 0 Å². The van der Waals surface area contributed by atoms with Gasteiger partial charge in [0.05, 0.1) is 5.92 Å². The van der Waals surface area contributed by atoms with Crippen LogP contribution in [0.1, 0.15) is 62.5 Å². The van der Waals surface area contributed by atoms with Crippen molar-refractivity contribution in [2.45, 2.75) is 64.7 Å². The first kappa shape index (κ1) is 20.4. The molecule has 3 nitrogen and oxygen atoms in total. The quantitative estimate of drug-likeness (QED) is 0.336. The molecule has 2 aromatic rings. The molecular formula is C25H32O3. The van der Waals surface area contributed by atoms with Gasteiger partial charge in [0.1, 0.15) is 11.5 Å². The lowest BCUT2D eigenvalue weighted by atomic mass is 9.77. The fourth-order valence-corrected chi connectivity index (χ4v) is 4.40. The second-order valence-corrected chi connectivity index (χ2v) is 8.10. The average Bonchev–Trinajstić information content (AvgIpc) is 2.70. The summed E-state index contributed by atoms with van der Waals surface area (Å²) in [5, 5.41) is 9.56. The second-order valence-electron chi connectivity index (χ2n) is 8.10. The Hall–Kier alpha value is -2.29. The third-order valence-electron chi connectivity index (χ3n) is 6.02. The fraction of sp³-hybridized carbons (Fsp3) is 0.480. The molecule has 1 atom stereocenters. The number of carbonyl (C=O) groups excluding carboxylic acids is 1. The van der Waals surface area contributed by atoms with E-state index in [1.165, 1.54) is 24.8 Å². The van der Waals surface area contributed by atoms with E-state index in [-0.39, 0.29) is 11.9 Å². The van der Waals surface area contributed by atoms with E-state index in [1.54, 1.807) is 6.07 Å². The van der Waals surface area contributed by atoms with E-state index in [2.05, 4.69) is 0 Å². The molecular weight excluding hydrogens is 348 g/mol. The number of benzene rings is 2. The first-order valence-electron chi connectivity index (χ1n) is 10.7. The lowest BCUT2D eigenvalue weighted by Gasteiger charge is -2.29. The minimum Gasteiger partial charge on any atom is -0.508 e. The van der Waals surface area contributed by atoms with Gasteiger partial charge in [0.25, 0.3) is 0 Å². The van der Waals surface area contributed by atoms with Crippen LogP contribution < -0.4 is 4.74 Å². The zero-order chi connectivity index (χ0) is 19.8. The Balaban J connectivity index is 1.56. The van der Waals surface area contributed by atoms with Gasteiger partial charge in [0.15, 0.2) is 0 Å². The van der Waals surface area contributed by atoms with Crippen molar-refractivity contribution in [2.75, 3.05) is 0 Å². The number of unbranched alkanes of at least 4 members (excludes halogenated alkanes) is 1. The number of phenols is 1. The summed E-state index contributed by atoms with van der Waals surface area (Å²) in [6.07, 6.45) is 9.98. The Morgan fingerprint density at radius 3 is 2.54 bits per heavy atom. The van der Waals surface area contributed by atoms with Crippen LogP contribution in [0.15, 0.2) is 48.5 Å². The van der Waals surface area contributed by atoms with Crippen molar-refractivity contribution >= 4 is 5.97 Å². The number of phenolic OH excluding ortho intramolecular Hbond substituents is 1. The zero-order valence-corrected chi connectivity index (χ0v) is 16.9. The van der Waals surface area contributed by atoms with E-state index in [1.807, 2.05) is 49.4 Å². The fourth-order valence-electron chi connectivity index (χ4n) is 4.40. The Labute approximate surface area is 168 Å². The average molecular weight is 381 g/mol. The van der Waals surface area contributed by atoms with Gasteiger partial charge >= 0.3 is 5.97 Å². The van der Waals surface area contributed by atoms with Crippen molar-refractivity contribution in [3.05, 3.63) is 59.7 Å². The predicted molar refractivity (Wildman–Crippen MR) is 113 cm³/mol. The number of hydrogen-bond acceptors (Lipinski definition) is 3. The first-order chi connectivity index (χ1) is 13.6. The molecule has 28 heavy (non-hydrogen) atoms. The summed E-state index contributed by atoms with van der Waals surface area (Å²) < 4.78 is 5.71.